The fraction of sp³-hybridized carbons (Fsp3) is 0.522. The van der Waals surface area contributed by atoms with Crippen molar-refractivity contribution in [1.82, 2.24) is 9.62 Å². The Bertz CT molecular complexity index is 1060. The molecule has 0 bridgehead atoms. The number of rotatable bonds is 7. The van der Waals surface area contributed by atoms with Crippen LogP contribution < -0.4 is 15.8 Å². The van der Waals surface area contributed by atoms with E-state index in [-0.39, 0.29) is 23.9 Å². The van der Waals surface area contributed by atoms with Crippen molar-refractivity contribution in [2.24, 2.45) is 5.73 Å². The van der Waals surface area contributed by atoms with Gasteiger partial charge in [0, 0.05) is 24.0 Å². The van der Waals surface area contributed by atoms with Gasteiger partial charge in [0.05, 0.1) is 18.0 Å². The van der Waals surface area contributed by atoms with Crippen LogP contribution in [0.4, 0.5) is 4.79 Å². The fourth-order valence-electron chi connectivity index (χ4n) is 3.86. The molecule has 1 aromatic carbocycles. The highest BCUT2D eigenvalue weighted by Crippen LogP contribution is 2.36. The highest BCUT2D eigenvalue weighted by atomic mass is 32.2. The SMILES string of the molecule is COc1ccc2c(c1)C(C)CN(C[C@@H](NC(=O)OC(C)(C)C)[C@@H](N)Cc1cccs1)S2(=O)=O. The lowest BCUT2D eigenvalue weighted by molar-refractivity contribution is 0.0489. The van der Waals surface area contributed by atoms with Gasteiger partial charge in [-0.15, -0.1) is 11.3 Å². The summed E-state index contributed by atoms with van der Waals surface area (Å²) in [5.74, 6) is 0.570. The number of carbonyl (C=O) groups is 1. The predicted octanol–water partition coefficient (Wildman–Crippen LogP) is 3.33. The number of nitrogens with two attached hydrogens (primary N) is 1. The van der Waals surface area contributed by atoms with Gasteiger partial charge >= 0.3 is 6.09 Å². The normalized spacial score (nSPS) is 19.9. The Labute approximate surface area is 200 Å². The van der Waals surface area contributed by atoms with Crippen molar-refractivity contribution in [1.29, 1.82) is 0 Å². The molecule has 2 aromatic rings. The summed E-state index contributed by atoms with van der Waals surface area (Å²) >= 11 is 1.57. The quantitative estimate of drug-likeness (QED) is 0.610. The van der Waals surface area contributed by atoms with E-state index in [0.29, 0.717) is 12.2 Å². The number of amides is 1. The van der Waals surface area contributed by atoms with E-state index < -0.39 is 33.8 Å². The van der Waals surface area contributed by atoms with Crippen LogP contribution in [0.2, 0.25) is 0 Å². The monoisotopic (exact) mass is 495 g/mol. The van der Waals surface area contributed by atoms with Gasteiger partial charge in [-0.1, -0.05) is 13.0 Å². The van der Waals surface area contributed by atoms with Crippen LogP contribution in [0.25, 0.3) is 0 Å². The largest absolute Gasteiger partial charge is 0.497 e. The molecule has 0 fully saturated rings. The molecule has 0 aliphatic carbocycles. The molecule has 2 heterocycles. The molecule has 8 nitrogen and oxygen atoms in total. The first-order valence-electron chi connectivity index (χ1n) is 10.9. The lowest BCUT2D eigenvalue weighted by atomic mass is 9.99. The number of nitrogens with zero attached hydrogens (tertiary/aromatic N) is 1. The number of sulfonamides is 1. The molecule has 3 N–H and O–H groups in total. The van der Waals surface area contributed by atoms with Crippen LogP contribution >= 0.6 is 11.3 Å². The number of carbonyl (C=O) groups excluding carboxylic acids is 1. The molecule has 182 valence electrons. The third-order valence-corrected chi connectivity index (χ3v) is 8.28. The Morgan fingerprint density at radius 2 is 2.06 bits per heavy atom. The van der Waals surface area contributed by atoms with Gasteiger partial charge in [-0.05, 0) is 68.3 Å². The predicted molar refractivity (Wildman–Crippen MR) is 129 cm³/mol. The molecule has 0 saturated heterocycles. The van der Waals surface area contributed by atoms with Crippen molar-refractivity contribution in [3.8, 4) is 5.75 Å². The van der Waals surface area contributed by atoms with E-state index >= 15 is 0 Å². The third-order valence-electron chi connectivity index (χ3n) is 5.48. The molecule has 33 heavy (non-hydrogen) atoms. The number of fused-ring (bicyclic) bond motifs is 1. The maximum absolute atomic E-state index is 13.4. The second-order valence-electron chi connectivity index (χ2n) is 9.33. The minimum absolute atomic E-state index is 0.0456. The second kappa shape index (κ2) is 10.0. The minimum atomic E-state index is -3.77. The van der Waals surface area contributed by atoms with Crippen molar-refractivity contribution in [2.45, 2.75) is 62.6 Å². The van der Waals surface area contributed by atoms with Gasteiger partial charge in [-0.2, -0.15) is 4.31 Å². The van der Waals surface area contributed by atoms with Gasteiger partial charge in [0.2, 0.25) is 10.0 Å². The van der Waals surface area contributed by atoms with Crippen LogP contribution in [0, 0.1) is 0 Å². The molecule has 1 aromatic heterocycles. The van der Waals surface area contributed by atoms with Gasteiger partial charge < -0.3 is 20.5 Å². The summed E-state index contributed by atoms with van der Waals surface area (Å²) in [7, 11) is -2.22. The molecule has 10 heteroatoms. The van der Waals surface area contributed by atoms with Crippen LogP contribution in [0.3, 0.4) is 0 Å². The van der Waals surface area contributed by atoms with Crippen LogP contribution in [-0.2, 0) is 21.2 Å². The summed E-state index contributed by atoms with van der Waals surface area (Å²) in [4.78, 5) is 13.9. The van der Waals surface area contributed by atoms with E-state index in [1.165, 1.54) is 4.31 Å². The first-order chi connectivity index (χ1) is 15.4. The lowest BCUT2D eigenvalue weighted by Crippen LogP contribution is -2.56. The van der Waals surface area contributed by atoms with E-state index in [2.05, 4.69) is 5.32 Å². The van der Waals surface area contributed by atoms with Crippen LogP contribution in [0.5, 0.6) is 5.75 Å². The number of nitrogens with one attached hydrogen (secondary N) is 1. The zero-order valence-electron chi connectivity index (χ0n) is 19.7. The highest BCUT2D eigenvalue weighted by molar-refractivity contribution is 7.89. The van der Waals surface area contributed by atoms with E-state index in [9.17, 15) is 13.2 Å². The number of ether oxygens (including phenoxy) is 2. The minimum Gasteiger partial charge on any atom is -0.497 e. The van der Waals surface area contributed by atoms with E-state index in [4.69, 9.17) is 15.2 Å². The lowest BCUT2D eigenvalue weighted by Gasteiger charge is -2.36. The molecule has 1 aliphatic heterocycles. The molecule has 0 saturated carbocycles. The summed E-state index contributed by atoms with van der Waals surface area (Å²) in [6.07, 6.45) is -0.114. The first-order valence-corrected chi connectivity index (χ1v) is 13.2. The second-order valence-corrected chi connectivity index (χ2v) is 12.3. The van der Waals surface area contributed by atoms with Crippen molar-refractivity contribution in [2.75, 3.05) is 20.2 Å². The summed E-state index contributed by atoms with van der Waals surface area (Å²) in [5, 5.41) is 4.78. The summed E-state index contributed by atoms with van der Waals surface area (Å²) in [5.41, 5.74) is 6.54. The molecule has 3 rings (SSSR count). The molecule has 1 amide bonds. The number of hydrogen-bond acceptors (Lipinski definition) is 7. The average molecular weight is 496 g/mol. The molecule has 0 radical (unpaired) electrons. The number of methoxy groups -OCH3 is 1. The molecular formula is C23H33N3O5S2. The highest BCUT2D eigenvalue weighted by Gasteiger charge is 2.38. The molecule has 3 atom stereocenters. The molecule has 1 unspecified atom stereocenters. The number of thiophene rings is 1. The zero-order chi connectivity index (χ0) is 24.4. The van der Waals surface area contributed by atoms with Gasteiger partial charge in [-0.25, -0.2) is 13.2 Å². The van der Waals surface area contributed by atoms with Gasteiger partial charge in [0.15, 0.2) is 0 Å². The number of alkyl carbamates (subject to hydrolysis) is 1. The van der Waals surface area contributed by atoms with Gasteiger partial charge in [-0.3, -0.25) is 0 Å². The Hall–Kier alpha value is -2.14. The smallest absolute Gasteiger partial charge is 0.407 e. The molecule has 1 aliphatic rings. The topological polar surface area (TPSA) is 111 Å². The third kappa shape index (κ3) is 6.26. The maximum atomic E-state index is 13.4. The van der Waals surface area contributed by atoms with Crippen molar-refractivity contribution in [3.05, 3.63) is 46.2 Å². The van der Waals surface area contributed by atoms with Crippen LogP contribution in [-0.4, -0.2) is 56.7 Å². The van der Waals surface area contributed by atoms with Gasteiger partial charge in [0.1, 0.15) is 11.4 Å². The Balaban J connectivity index is 1.86. The van der Waals surface area contributed by atoms with E-state index in [1.54, 1.807) is 57.4 Å². The zero-order valence-corrected chi connectivity index (χ0v) is 21.3. The van der Waals surface area contributed by atoms with Crippen molar-refractivity contribution >= 4 is 27.5 Å². The fourth-order valence-corrected chi connectivity index (χ4v) is 6.49. The van der Waals surface area contributed by atoms with Crippen molar-refractivity contribution in [3.63, 3.8) is 0 Å². The maximum Gasteiger partial charge on any atom is 0.407 e. The Morgan fingerprint density at radius 3 is 2.67 bits per heavy atom. The van der Waals surface area contributed by atoms with Crippen LogP contribution in [0.15, 0.2) is 40.6 Å². The number of benzene rings is 1. The summed E-state index contributed by atoms with van der Waals surface area (Å²) in [6.45, 7) is 7.62. The average Bonchev–Trinajstić information content (AvgIpc) is 3.22. The molecule has 0 spiro atoms. The van der Waals surface area contributed by atoms with Crippen LogP contribution in [0.1, 0.15) is 44.1 Å². The summed E-state index contributed by atoms with van der Waals surface area (Å²) in [6, 6.07) is 7.76. The van der Waals surface area contributed by atoms with Crippen molar-refractivity contribution < 1.29 is 22.7 Å². The Kier molecular flexibility index (Phi) is 7.73. The standard InChI is InChI=1S/C23H33N3O5S2/c1-15-13-26(33(28,29)21-9-8-16(30-5)11-18(15)21)14-20(25-22(27)31-23(2,3)4)19(24)12-17-7-6-10-32-17/h6-11,15,19-20H,12-14,24H2,1-5H3,(H,25,27)/t15?,19-,20+/m0/s1. The Morgan fingerprint density at radius 1 is 1.33 bits per heavy atom. The first kappa shape index (κ1) is 25.5. The van der Waals surface area contributed by atoms with E-state index in [1.807, 2.05) is 24.4 Å². The van der Waals surface area contributed by atoms with E-state index in [0.717, 1.165) is 10.4 Å². The molecular weight excluding hydrogens is 462 g/mol. The summed E-state index contributed by atoms with van der Waals surface area (Å²) < 4.78 is 39.0. The number of hydrogen-bond donors (Lipinski definition) is 2. The van der Waals surface area contributed by atoms with Gasteiger partial charge in [0.25, 0.3) is 0 Å².